The fraction of sp³-hybridized carbons (Fsp3) is 0.533. The van der Waals surface area contributed by atoms with Crippen molar-refractivity contribution in [3.63, 3.8) is 0 Å². The first-order chi connectivity index (χ1) is 14.4. The number of amides is 2. The Morgan fingerprint density at radius 2 is 2.30 bits per heavy atom. The topological polar surface area (TPSA) is 163 Å². The van der Waals surface area contributed by atoms with Crippen LogP contribution in [0.15, 0.2) is 16.4 Å². The van der Waals surface area contributed by atoms with E-state index in [0.29, 0.717) is 16.5 Å². The molecular weight excluding hydrogens is 454 g/mol. The van der Waals surface area contributed by atoms with E-state index in [9.17, 15) is 19.5 Å². The molecule has 12 nitrogen and oxygen atoms in total. The lowest BCUT2D eigenvalue weighted by Gasteiger charge is -2.55. The summed E-state index contributed by atoms with van der Waals surface area (Å²) in [6, 6.07) is 1.92. The van der Waals surface area contributed by atoms with Crippen LogP contribution in [0.5, 0.6) is 0 Å². The number of aromatic nitrogens is 4. The molecule has 1 fully saturated rings. The second-order valence-corrected chi connectivity index (χ2v) is 9.11. The Bertz CT molecular complexity index is 945. The number of hydrogen-bond acceptors (Lipinski definition) is 11. The van der Waals surface area contributed by atoms with Gasteiger partial charge in [-0.15, -0.1) is 28.6 Å². The van der Waals surface area contributed by atoms with Crippen molar-refractivity contribution < 1.29 is 24.2 Å². The highest BCUT2D eigenvalue weighted by molar-refractivity contribution is 8.01. The second kappa shape index (κ2) is 9.25. The molecule has 3 heterocycles. The maximum atomic E-state index is 12.9. The minimum atomic E-state index is -1.64. The quantitative estimate of drug-likeness (QED) is 0.201. The van der Waals surface area contributed by atoms with Crippen molar-refractivity contribution in [2.24, 2.45) is 7.05 Å². The van der Waals surface area contributed by atoms with Crippen LogP contribution in [-0.2, 0) is 26.2 Å². The van der Waals surface area contributed by atoms with Gasteiger partial charge in [-0.2, -0.15) is 5.26 Å². The summed E-state index contributed by atoms with van der Waals surface area (Å²) in [6.07, 6.45) is 0. The van der Waals surface area contributed by atoms with Crippen molar-refractivity contribution in [3.8, 4) is 6.07 Å². The summed E-state index contributed by atoms with van der Waals surface area (Å²) in [4.78, 5) is 38.2. The van der Waals surface area contributed by atoms with Crippen molar-refractivity contribution in [3.05, 3.63) is 11.3 Å². The largest absolute Gasteiger partial charge is 0.477 e. The van der Waals surface area contributed by atoms with E-state index in [-0.39, 0.29) is 23.0 Å². The van der Waals surface area contributed by atoms with Crippen LogP contribution in [0.2, 0.25) is 0 Å². The highest BCUT2D eigenvalue weighted by Crippen LogP contribution is 2.47. The molecule has 15 heteroatoms. The molecule has 30 heavy (non-hydrogen) atoms. The number of aryl methyl sites for hydroxylation is 1. The molecule has 0 bridgehead atoms. The number of ether oxygens (including phenoxy) is 1. The number of thioether (sulfide) groups is 3. The molecular formula is C15H17N7O5S3. The summed E-state index contributed by atoms with van der Waals surface area (Å²) < 4.78 is 6.83. The lowest BCUT2D eigenvalue weighted by atomic mass is 9.98. The molecule has 0 aromatic carbocycles. The second-order valence-electron chi connectivity index (χ2n) is 6.11. The molecule has 2 aliphatic heterocycles. The van der Waals surface area contributed by atoms with Gasteiger partial charge < -0.3 is 15.2 Å². The molecule has 2 aliphatic rings. The number of nitrogens with zero attached hydrogens (tertiary/aromatic N) is 6. The minimum Gasteiger partial charge on any atom is -0.477 e. The van der Waals surface area contributed by atoms with Crippen molar-refractivity contribution >= 4 is 53.1 Å². The smallest absolute Gasteiger partial charge is 0.352 e. The summed E-state index contributed by atoms with van der Waals surface area (Å²) >= 11 is 3.67. The number of hydrogen-bond donors (Lipinski definition) is 2. The average Bonchev–Trinajstić information content (AvgIpc) is 3.14. The van der Waals surface area contributed by atoms with Crippen LogP contribution in [-0.4, -0.2) is 89.2 Å². The number of aliphatic carboxylic acids is 1. The fourth-order valence-corrected chi connectivity index (χ4v) is 5.86. The first kappa shape index (κ1) is 22.4. The lowest BCUT2D eigenvalue weighted by Crippen LogP contribution is -2.80. The SMILES string of the molecule is CO[C@@]1(NC(=O)CSCC#N)C(=O)N2C(C(=O)O)=C(CSc3nnnn3C)CSC21. The normalized spacial score (nSPS) is 22.9. The molecule has 3 rings (SSSR count). The molecule has 1 aromatic rings. The predicted octanol–water partition coefficient (Wildman–Crippen LogP) is -0.728. The van der Waals surface area contributed by atoms with Gasteiger partial charge in [0.15, 0.2) is 0 Å². The van der Waals surface area contributed by atoms with E-state index < -0.39 is 28.9 Å². The van der Waals surface area contributed by atoms with E-state index in [1.165, 1.54) is 35.3 Å². The van der Waals surface area contributed by atoms with E-state index in [4.69, 9.17) is 10.00 Å². The Morgan fingerprint density at radius 3 is 2.90 bits per heavy atom. The zero-order chi connectivity index (χ0) is 21.9. The lowest BCUT2D eigenvalue weighted by molar-refractivity contribution is -0.192. The highest BCUT2D eigenvalue weighted by Gasteiger charge is 2.66. The van der Waals surface area contributed by atoms with Gasteiger partial charge in [-0.25, -0.2) is 9.48 Å². The van der Waals surface area contributed by atoms with Crippen LogP contribution in [0.1, 0.15) is 0 Å². The maximum Gasteiger partial charge on any atom is 0.352 e. The number of carbonyl (C=O) groups is 3. The van der Waals surface area contributed by atoms with Crippen LogP contribution < -0.4 is 5.32 Å². The number of carboxylic acid groups (broad SMARTS) is 1. The van der Waals surface area contributed by atoms with Crippen LogP contribution in [0.4, 0.5) is 0 Å². The fourth-order valence-electron chi connectivity index (χ4n) is 2.98. The molecule has 0 radical (unpaired) electrons. The molecule has 2 amide bonds. The van der Waals surface area contributed by atoms with Crippen molar-refractivity contribution in [1.82, 2.24) is 30.4 Å². The third kappa shape index (κ3) is 4.00. The molecule has 1 saturated heterocycles. The number of rotatable bonds is 9. The third-order valence-corrected chi connectivity index (χ3v) is 7.59. The zero-order valence-electron chi connectivity index (χ0n) is 15.9. The molecule has 2 N–H and O–H groups in total. The van der Waals surface area contributed by atoms with Crippen molar-refractivity contribution in [1.29, 1.82) is 5.26 Å². The average molecular weight is 472 g/mol. The number of methoxy groups -OCH3 is 1. The highest BCUT2D eigenvalue weighted by atomic mass is 32.2. The Labute approximate surface area is 183 Å². The van der Waals surface area contributed by atoms with Gasteiger partial charge in [-0.1, -0.05) is 11.8 Å². The Morgan fingerprint density at radius 1 is 1.53 bits per heavy atom. The van der Waals surface area contributed by atoms with E-state index in [1.807, 2.05) is 6.07 Å². The zero-order valence-corrected chi connectivity index (χ0v) is 18.3. The van der Waals surface area contributed by atoms with E-state index in [1.54, 1.807) is 7.05 Å². The number of fused-ring (bicyclic) bond motifs is 1. The number of nitriles is 1. The summed E-state index contributed by atoms with van der Waals surface area (Å²) in [6.45, 7) is 0. The number of nitrogens with one attached hydrogen (secondary N) is 1. The first-order valence-electron chi connectivity index (χ1n) is 8.42. The van der Waals surface area contributed by atoms with Gasteiger partial charge >= 0.3 is 5.97 Å². The van der Waals surface area contributed by atoms with Crippen molar-refractivity contribution in [2.45, 2.75) is 16.3 Å². The number of carboxylic acids is 1. The first-order valence-corrected chi connectivity index (χ1v) is 11.6. The molecule has 0 aliphatic carbocycles. The Hall–Kier alpha value is -2.28. The van der Waals surface area contributed by atoms with Gasteiger partial charge in [0, 0.05) is 25.7 Å². The summed E-state index contributed by atoms with van der Waals surface area (Å²) in [7, 11) is 2.96. The summed E-state index contributed by atoms with van der Waals surface area (Å²) in [5.41, 5.74) is -1.21. The van der Waals surface area contributed by atoms with E-state index in [0.717, 1.165) is 16.7 Å². The number of tetrazole rings is 1. The van der Waals surface area contributed by atoms with Gasteiger partial charge in [0.1, 0.15) is 11.1 Å². The molecule has 160 valence electrons. The van der Waals surface area contributed by atoms with Crippen molar-refractivity contribution in [2.75, 3.05) is 30.1 Å². The van der Waals surface area contributed by atoms with Gasteiger partial charge in [0.25, 0.3) is 11.6 Å². The molecule has 1 aromatic heterocycles. The molecule has 2 atom stereocenters. The van der Waals surface area contributed by atoms with E-state index in [2.05, 4.69) is 20.8 Å². The number of β-lactam (4-membered cyclic amide) rings is 1. The van der Waals surface area contributed by atoms with E-state index >= 15 is 0 Å². The monoisotopic (exact) mass is 471 g/mol. The van der Waals surface area contributed by atoms with Gasteiger partial charge in [0.2, 0.25) is 11.1 Å². The van der Waals surface area contributed by atoms with Gasteiger partial charge in [-0.05, 0) is 16.0 Å². The van der Waals surface area contributed by atoms with Crippen LogP contribution >= 0.6 is 35.3 Å². The molecule has 0 saturated carbocycles. The maximum absolute atomic E-state index is 12.9. The van der Waals surface area contributed by atoms with Gasteiger partial charge in [0.05, 0.1) is 17.6 Å². The standard InChI is InChI=1S/C15H17N7O5S3/c1-21-14(18-19-20-21)30-6-8-5-29-13-15(27-2,17-9(23)7-28-4-3-16)12(26)22(13)10(8)11(24)25/h13H,4-7H2,1-2H3,(H,17,23)(H,24,25)/t13?,15-/m0/s1. The Kier molecular flexibility index (Phi) is 6.91. The Balaban J connectivity index is 1.78. The molecule has 0 spiro atoms. The van der Waals surface area contributed by atoms with Crippen LogP contribution in [0.3, 0.4) is 0 Å². The van der Waals surface area contributed by atoms with Crippen LogP contribution in [0.25, 0.3) is 0 Å². The van der Waals surface area contributed by atoms with Crippen LogP contribution in [0, 0.1) is 11.3 Å². The molecule has 1 unspecified atom stereocenters. The number of carbonyl (C=O) groups excluding carboxylic acids is 2. The summed E-state index contributed by atoms with van der Waals surface area (Å²) in [5, 5.41) is 31.8. The minimum absolute atomic E-state index is 0.0153. The van der Waals surface area contributed by atoms with Gasteiger partial charge in [-0.3, -0.25) is 14.5 Å². The summed E-state index contributed by atoms with van der Waals surface area (Å²) in [5.74, 6) is -1.61. The predicted molar refractivity (Wildman–Crippen MR) is 108 cm³/mol. The third-order valence-electron chi connectivity index (χ3n) is 4.32.